The zero-order chi connectivity index (χ0) is 17.4. The van der Waals surface area contributed by atoms with E-state index in [-0.39, 0.29) is 11.4 Å². The molecule has 0 atom stereocenters. The Labute approximate surface area is 143 Å². The lowest BCUT2D eigenvalue weighted by molar-refractivity contribution is -0.384. The molecule has 0 aliphatic heterocycles. The van der Waals surface area contributed by atoms with Gasteiger partial charge >= 0.3 is 0 Å². The topological polar surface area (TPSA) is 68.3 Å². The van der Waals surface area contributed by atoms with Gasteiger partial charge in [0, 0.05) is 23.2 Å². The highest BCUT2D eigenvalue weighted by atomic mass is 16.6. The number of aromatic hydroxyl groups is 1. The van der Waals surface area contributed by atoms with Crippen LogP contribution in [0.25, 0.3) is 27.8 Å². The molecular formula is C20H14N2O3. The highest BCUT2D eigenvalue weighted by molar-refractivity contribution is 5.93. The third-order valence-electron chi connectivity index (χ3n) is 4.21. The molecule has 3 aromatic carbocycles. The van der Waals surface area contributed by atoms with E-state index in [1.807, 2.05) is 47.0 Å². The number of fused-ring (bicyclic) bond motifs is 1. The first-order valence-electron chi connectivity index (χ1n) is 7.79. The summed E-state index contributed by atoms with van der Waals surface area (Å²) >= 11 is 0. The summed E-state index contributed by atoms with van der Waals surface area (Å²) in [5.74, 6) is 0.204. The molecule has 0 aliphatic carbocycles. The summed E-state index contributed by atoms with van der Waals surface area (Å²) in [5, 5.41) is 21.8. The van der Waals surface area contributed by atoms with Crippen molar-refractivity contribution in [3.63, 3.8) is 0 Å². The van der Waals surface area contributed by atoms with Crippen LogP contribution in [0, 0.1) is 10.1 Å². The van der Waals surface area contributed by atoms with Crippen molar-refractivity contribution < 1.29 is 10.0 Å². The Kier molecular flexibility index (Phi) is 3.47. The third kappa shape index (κ3) is 2.52. The molecule has 1 N–H and O–H groups in total. The van der Waals surface area contributed by atoms with Crippen LogP contribution in [0.3, 0.4) is 0 Å². The maximum absolute atomic E-state index is 10.9. The summed E-state index contributed by atoms with van der Waals surface area (Å²) in [5.41, 5.74) is 3.58. The van der Waals surface area contributed by atoms with Crippen LogP contribution >= 0.6 is 0 Å². The van der Waals surface area contributed by atoms with Crippen molar-refractivity contribution in [3.05, 3.63) is 89.0 Å². The Bertz CT molecular complexity index is 1070. The number of nitrogens with zero attached hydrogens (tertiary/aromatic N) is 2. The number of phenols is 1. The first-order chi connectivity index (χ1) is 12.1. The van der Waals surface area contributed by atoms with Gasteiger partial charge in [-0.3, -0.25) is 10.1 Å². The first kappa shape index (κ1) is 15.0. The molecule has 0 bridgehead atoms. The predicted octanol–water partition coefficient (Wildman–Crippen LogP) is 4.91. The molecule has 0 fully saturated rings. The lowest BCUT2D eigenvalue weighted by Crippen LogP contribution is -1.96. The summed E-state index contributed by atoms with van der Waals surface area (Å²) in [6.07, 6.45) is 0. The van der Waals surface area contributed by atoms with Gasteiger partial charge in [-0.1, -0.05) is 24.3 Å². The molecule has 25 heavy (non-hydrogen) atoms. The van der Waals surface area contributed by atoms with Crippen LogP contribution in [-0.2, 0) is 0 Å². The fourth-order valence-corrected chi connectivity index (χ4v) is 3.04. The van der Waals surface area contributed by atoms with E-state index in [1.165, 1.54) is 12.1 Å². The summed E-state index contributed by atoms with van der Waals surface area (Å²) in [7, 11) is 0. The Morgan fingerprint density at radius 2 is 1.60 bits per heavy atom. The second-order valence-electron chi connectivity index (χ2n) is 5.71. The number of non-ortho nitro benzene ring substituents is 1. The van der Waals surface area contributed by atoms with E-state index < -0.39 is 4.92 Å². The maximum Gasteiger partial charge on any atom is 0.269 e. The smallest absolute Gasteiger partial charge is 0.269 e. The number of hydrogen-bond acceptors (Lipinski definition) is 3. The highest BCUT2D eigenvalue weighted by Crippen LogP contribution is 2.35. The van der Waals surface area contributed by atoms with Crippen molar-refractivity contribution in [1.29, 1.82) is 0 Å². The van der Waals surface area contributed by atoms with Crippen molar-refractivity contribution in [1.82, 2.24) is 4.57 Å². The predicted molar refractivity (Wildman–Crippen MR) is 97.0 cm³/mol. The zero-order valence-electron chi connectivity index (χ0n) is 13.2. The lowest BCUT2D eigenvalue weighted by atomic mass is 10.1. The minimum atomic E-state index is -0.414. The van der Waals surface area contributed by atoms with Crippen molar-refractivity contribution in [2.24, 2.45) is 0 Å². The number of para-hydroxylation sites is 1. The molecule has 122 valence electrons. The van der Waals surface area contributed by atoms with Gasteiger partial charge in [0.25, 0.3) is 5.69 Å². The first-order valence-corrected chi connectivity index (χ1v) is 7.79. The van der Waals surface area contributed by atoms with Gasteiger partial charge in [0.1, 0.15) is 5.75 Å². The molecule has 5 heteroatoms. The maximum atomic E-state index is 10.9. The molecule has 0 unspecified atom stereocenters. The highest BCUT2D eigenvalue weighted by Gasteiger charge is 2.15. The molecule has 0 aliphatic rings. The average molecular weight is 330 g/mol. The van der Waals surface area contributed by atoms with Crippen LogP contribution in [0.15, 0.2) is 78.9 Å². The molecule has 0 saturated heterocycles. The molecule has 0 amide bonds. The van der Waals surface area contributed by atoms with E-state index in [1.54, 1.807) is 24.3 Å². The SMILES string of the molecule is O=[N+]([O-])c1ccc(-c2cc3c(O)cccc3n2-c2ccccc2)cc1. The fourth-order valence-electron chi connectivity index (χ4n) is 3.04. The lowest BCUT2D eigenvalue weighted by Gasteiger charge is -2.11. The summed E-state index contributed by atoms with van der Waals surface area (Å²) in [4.78, 5) is 10.5. The zero-order valence-corrected chi connectivity index (χ0v) is 13.2. The average Bonchev–Trinajstić information content (AvgIpc) is 3.03. The van der Waals surface area contributed by atoms with Gasteiger partial charge in [0.15, 0.2) is 0 Å². The van der Waals surface area contributed by atoms with E-state index in [2.05, 4.69) is 0 Å². The van der Waals surface area contributed by atoms with Crippen molar-refractivity contribution in [2.75, 3.05) is 0 Å². The quantitative estimate of drug-likeness (QED) is 0.428. The van der Waals surface area contributed by atoms with E-state index in [0.29, 0.717) is 0 Å². The van der Waals surface area contributed by atoms with E-state index in [9.17, 15) is 15.2 Å². The summed E-state index contributed by atoms with van der Waals surface area (Å²) in [6, 6.07) is 23.5. The standard InChI is InChI=1S/C20H14N2O3/c23-20-8-4-7-18-17(20)13-19(21(18)15-5-2-1-3-6-15)14-9-11-16(12-10-14)22(24)25/h1-13,23H. The van der Waals surface area contributed by atoms with Crippen LogP contribution in [0.2, 0.25) is 0 Å². The molecule has 4 rings (SSSR count). The number of nitro benzene ring substituents is 1. The minimum Gasteiger partial charge on any atom is -0.507 e. The Hall–Kier alpha value is -3.60. The van der Waals surface area contributed by atoms with E-state index >= 15 is 0 Å². The molecule has 4 aromatic rings. The summed E-state index contributed by atoms with van der Waals surface area (Å²) < 4.78 is 2.04. The van der Waals surface area contributed by atoms with E-state index in [4.69, 9.17) is 0 Å². The normalized spacial score (nSPS) is 10.9. The Morgan fingerprint density at radius 3 is 2.28 bits per heavy atom. The number of benzene rings is 3. The molecule has 0 spiro atoms. The van der Waals surface area contributed by atoms with Crippen LogP contribution in [0.5, 0.6) is 5.75 Å². The van der Waals surface area contributed by atoms with Crippen LogP contribution in [-0.4, -0.2) is 14.6 Å². The second-order valence-corrected chi connectivity index (χ2v) is 5.71. The van der Waals surface area contributed by atoms with Gasteiger partial charge in [-0.15, -0.1) is 0 Å². The van der Waals surface area contributed by atoms with Gasteiger partial charge in [-0.05, 0) is 48.0 Å². The Morgan fingerprint density at radius 1 is 0.880 bits per heavy atom. The minimum absolute atomic E-state index is 0.0500. The number of nitro groups is 1. The van der Waals surface area contributed by atoms with Gasteiger partial charge < -0.3 is 9.67 Å². The van der Waals surface area contributed by atoms with Crippen LogP contribution < -0.4 is 0 Å². The van der Waals surface area contributed by atoms with Gasteiger partial charge in [0.05, 0.1) is 16.1 Å². The molecule has 0 saturated carbocycles. The molecule has 5 nitrogen and oxygen atoms in total. The van der Waals surface area contributed by atoms with Crippen molar-refractivity contribution in [2.45, 2.75) is 0 Å². The summed E-state index contributed by atoms with van der Waals surface area (Å²) in [6.45, 7) is 0. The van der Waals surface area contributed by atoms with Gasteiger partial charge in [0.2, 0.25) is 0 Å². The number of aromatic nitrogens is 1. The van der Waals surface area contributed by atoms with Crippen molar-refractivity contribution in [3.8, 4) is 22.7 Å². The van der Waals surface area contributed by atoms with Crippen LogP contribution in [0.1, 0.15) is 0 Å². The fraction of sp³-hybridized carbons (Fsp3) is 0. The largest absolute Gasteiger partial charge is 0.507 e. The third-order valence-corrected chi connectivity index (χ3v) is 4.21. The molecule has 1 aromatic heterocycles. The second kappa shape index (κ2) is 5.79. The monoisotopic (exact) mass is 330 g/mol. The van der Waals surface area contributed by atoms with Gasteiger partial charge in [-0.2, -0.15) is 0 Å². The number of hydrogen-bond donors (Lipinski definition) is 1. The number of rotatable bonds is 3. The Balaban J connectivity index is 2.00. The number of phenolic OH excluding ortho intramolecular Hbond substituents is 1. The molecular weight excluding hydrogens is 316 g/mol. The van der Waals surface area contributed by atoms with Gasteiger partial charge in [-0.25, -0.2) is 0 Å². The van der Waals surface area contributed by atoms with Crippen LogP contribution in [0.4, 0.5) is 5.69 Å². The van der Waals surface area contributed by atoms with Crippen molar-refractivity contribution >= 4 is 16.6 Å². The molecule has 1 heterocycles. The molecule has 0 radical (unpaired) electrons. The van der Waals surface area contributed by atoms with E-state index in [0.717, 1.165) is 27.8 Å².